The average Bonchev–Trinajstić information content (AvgIpc) is 2.39. The van der Waals surface area contributed by atoms with Crippen molar-refractivity contribution in [2.45, 2.75) is 12.8 Å². The normalized spacial score (nSPS) is 13.9. The summed E-state index contributed by atoms with van der Waals surface area (Å²) in [5, 5.41) is 0. The highest BCUT2D eigenvalue weighted by Crippen LogP contribution is 2.29. The Bertz CT molecular complexity index is 685. The minimum absolute atomic E-state index is 0.0107. The van der Waals surface area contributed by atoms with E-state index in [1.165, 1.54) is 5.56 Å². The van der Waals surface area contributed by atoms with Crippen LogP contribution in [0.5, 0.6) is 0 Å². The molecule has 0 atom stereocenters. The third-order valence-corrected chi connectivity index (χ3v) is 3.67. The molecule has 3 rings (SSSR count). The molecule has 3 heteroatoms. The summed E-state index contributed by atoms with van der Waals surface area (Å²) in [6.07, 6.45) is 5.97. The standard InChI is InChI=1S/C15H12BrNO/c16-12-8-7-11-4-3-5-14(13(11)10-12)17-9-2-1-6-15(17)18/h1-2,5-10H,3-4H2. The van der Waals surface area contributed by atoms with E-state index in [9.17, 15) is 4.79 Å². The van der Waals surface area contributed by atoms with Gasteiger partial charge in [-0.05, 0) is 36.6 Å². The van der Waals surface area contributed by atoms with Crippen molar-refractivity contribution in [3.63, 3.8) is 0 Å². The second-order valence-electron chi connectivity index (χ2n) is 4.34. The van der Waals surface area contributed by atoms with E-state index in [4.69, 9.17) is 0 Å². The molecule has 0 fully saturated rings. The van der Waals surface area contributed by atoms with Crippen LogP contribution in [0.3, 0.4) is 0 Å². The zero-order chi connectivity index (χ0) is 12.5. The van der Waals surface area contributed by atoms with E-state index in [-0.39, 0.29) is 5.56 Å². The van der Waals surface area contributed by atoms with Gasteiger partial charge in [0.05, 0.1) is 5.70 Å². The van der Waals surface area contributed by atoms with Crippen LogP contribution in [0.1, 0.15) is 17.5 Å². The van der Waals surface area contributed by atoms with Gasteiger partial charge in [-0.1, -0.05) is 34.1 Å². The molecule has 1 heterocycles. The predicted molar refractivity (Wildman–Crippen MR) is 76.5 cm³/mol. The first kappa shape index (κ1) is 11.5. The number of pyridine rings is 1. The Labute approximate surface area is 114 Å². The van der Waals surface area contributed by atoms with Crippen molar-refractivity contribution in [2.24, 2.45) is 0 Å². The van der Waals surface area contributed by atoms with Gasteiger partial charge >= 0.3 is 0 Å². The first-order valence-corrected chi connectivity index (χ1v) is 6.72. The molecule has 90 valence electrons. The van der Waals surface area contributed by atoms with Crippen LogP contribution >= 0.6 is 15.9 Å². The van der Waals surface area contributed by atoms with Crippen LogP contribution in [0.4, 0.5) is 0 Å². The number of fused-ring (bicyclic) bond motifs is 1. The molecule has 1 aromatic carbocycles. The van der Waals surface area contributed by atoms with Gasteiger partial charge in [0.2, 0.25) is 0 Å². The molecule has 1 aromatic heterocycles. The predicted octanol–water partition coefficient (Wildman–Crippen LogP) is 3.45. The minimum Gasteiger partial charge on any atom is -0.284 e. The van der Waals surface area contributed by atoms with E-state index in [0.29, 0.717) is 0 Å². The van der Waals surface area contributed by atoms with E-state index < -0.39 is 0 Å². The molecule has 0 N–H and O–H groups in total. The fraction of sp³-hybridized carbons (Fsp3) is 0.133. The fourth-order valence-corrected chi connectivity index (χ4v) is 2.70. The molecular formula is C15H12BrNO. The largest absolute Gasteiger partial charge is 0.284 e. The van der Waals surface area contributed by atoms with Crippen molar-refractivity contribution < 1.29 is 0 Å². The molecule has 0 amide bonds. The Balaban J connectivity index is 2.21. The van der Waals surface area contributed by atoms with Crippen molar-refractivity contribution in [3.8, 4) is 0 Å². The Morgan fingerprint density at radius 3 is 2.89 bits per heavy atom. The molecule has 0 saturated carbocycles. The number of hydrogen-bond donors (Lipinski definition) is 0. The summed E-state index contributed by atoms with van der Waals surface area (Å²) >= 11 is 3.49. The van der Waals surface area contributed by atoms with Gasteiger partial charge in [-0.2, -0.15) is 0 Å². The van der Waals surface area contributed by atoms with E-state index >= 15 is 0 Å². The van der Waals surface area contributed by atoms with Gasteiger partial charge in [0, 0.05) is 22.3 Å². The number of aryl methyl sites for hydroxylation is 1. The van der Waals surface area contributed by atoms with Crippen LogP contribution < -0.4 is 5.56 Å². The summed E-state index contributed by atoms with van der Waals surface area (Å²) in [5.41, 5.74) is 3.44. The number of rotatable bonds is 1. The van der Waals surface area contributed by atoms with Crippen LogP contribution in [0.15, 0.2) is 57.9 Å². The van der Waals surface area contributed by atoms with Gasteiger partial charge in [0.25, 0.3) is 5.56 Å². The molecular weight excluding hydrogens is 290 g/mol. The fourth-order valence-electron chi connectivity index (χ4n) is 2.33. The summed E-state index contributed by atoms with van der Waals surface area (Å²) in [5.74, 6) is 0. The monoisotopic (exact) mass is 301 g/mol. The lowest BCUT2D eigenvalue weighted by Crippen LogP contribution is -2.19. The maximum absolute atomic E-state index is 11.9. The second-order valence-corrected chi connectivity index (χ2v) is 5.25. The summed E-state index contributed by atoms with van der Waals surface area (Å²) in [6.45, 7) is 0. The van der Waals surface area contributed by atoms with Crippen molar-refractivity contribution in [1.82, 2.24) is 4.57 Å². The van der Waals surface area contributed by atoms with Gasteiger partial charge in [-0.15, -0.1) is 0 Å². The molecule has 0 saturated heterocycles. The Hall–Kier alpha value is -1.61. The van der Waals surface area contributed by atoms with Crippen molar-refractivity contribution >= 4 is 21.6 Å². The third kappa shape index (κ3) is 1.95. The highest BCUT2D eigenvalue weighted by atomic mass is 79.9. The van der Waals surface area contributed by atoms with Crippen LogP contribution in [-0.2, 0) is 6.42 Å². The van der Waals surface area contributed by atoms with E-state index in [2.05, 4.69) is 40.2 Å². The average molecular weight is 302 g/mol. The summed E-state index contributed by atoms with van der Waals surface area (Å²) < 4.78 is 2.75. The lowest BCUT2D eigenvalue weighted by atomic mass is 9.94. The van der Waals surface area contributed by atoms with E-state index in [1.807, 2.05) is 12.3 Å². The zero-order valence-corrected chi connectivity index (χ0v) is 11.4. The number of benzene rings is 1. The van der Waals surface area contributed by atoms with Gasteiger partial charge < -0.3 is 0 Å². The maximum atomic E-state index is 11.9. The lowest BCUT2D eigenvalue weighted by molar-refractivity contribution is 0.924. The quantitative estimate of drug-likeness (QED) is 0.791. The summed E-state index contributed by atoms with van der Waals surface area (Å²) in [7, 11) is 0. The lowest BCUT2D eigenvalue weighted by Gasteiger charge is -2.19. The van der Waals surface area contributed by atoms with Crippen LogP contribution in [0, 0.1) is 0 Å². The van der Waals surface area contributed by atoms with E-state index in [0.717, 1.165) is 28.6 Å². The second kappa shape index (κ2) is 4.58. The van der Waals surface area contributed by atoms with Crippen molar-refractivity contribution in [2.75, 3.05) is 0 Å². The molecule has 0 bridgehead atoms. The number of allylic oxidation sites excluding steroid dienone is 1. The maximum Gasteiger partial charge on any atom is 0.255 e. The molecule has 0 aliphatic heterocycles. The summed E-state index contributed by atoms with van der Waals surface area (Å²) in [4.78, 5) is 11.9. The molecule has 1 aliphatic carbocycles. The number of nitrogens with zero attached hydrogens (tertiary/aromatic N) is 1. The van der Waals surface area contributed by atoms with Gasteiger partial charge in [-0.25, -0.2) is 0 Å². The van der Waals surface area contributed by atoms with Gasteiger partial charge in [0.1, 0.15) is 0 Å². The number of halogens is 1. The summed E-state index contributed by atoms with van der Waals surface area (Å²) in [6, 6.07) is 11.5. The van der Waals surface area contributed by atoms with Crippen LogP contribution in [0.25, 0.3) is 5.70 Å². The Kier molecular flexibility index (Phi) is 2.92. The highest BCUT2D eigenvalue weighted by molar-refractivity contribution is 9.10. The Morgan fingerprint density at radius 1 is 1.17 bits per heavy atom. The molecule has 1 aliphatic rings. The topological polar surface area (TPSA) is 22.0 Å². The highest BCUT2D eigenvalue weighted by Gasteiger charge is 2.14. The number of hydrogen-bond acceptors (Lipinski definition) is 1. The molecule has 2 aromatic rings. The zero-order valence-electron chi connectivity index (χ0n) is 9.77. The van der Waals surface area contributed by atoms with E-state index in [1.54, 1.807) is 16.7 Å². The molecule has 2 nitrogen and oxygen atoms in total. The first-order chi connectivity index (χ1) is 8.75. The first-order valence-electron chi connectivity index (χ1n) is 5.93. The smallest absolute Gasteiger partial charge is 0.255 e. The van der Waals surface area contributed by atoms with Crippen LogP contribution in [-0.4, -0.2) is 4.57 Å². The van der Waals surface area contributed by atoms with Crippen molar-refractivity contribution in [1.29, 1.82) is 0 Å². The van der Waals surface area contributed by atoms with Crippen molar-refractivity contribution in [3.05, 3.63) is 74.6 Å². The van der Waals surface area contributed by atoms with Crippen LogP contribution in [0.2, 0.25) is 0 Å². The number of aromatic nitrogens is 1. The van der Waals surface area contributed by atoms with Gasteiger partial charge in [-0.3, -0.25) is 9.36 Å². The molecule has 18 heavy (non-hydrogen) atoms. The molecule has 0 spiro atoms. The Morgan fingerprint density at radius 2 is 2.06 bits per heavy atom. The molecule has 0 unspecified atom stereocenters. The SMILES string of the molecule is O=c1ccccn1C1=CCCc2ccc(Br)cc21. The van der Waals surface area contributed by atoms with Gasteiger partial charge in [0.15, 0.2) is 0 Å². The molecule has 0 radical (unpaired) electrons. The third-order valence-electron chi connectivity index (χ3n) is 3.18. The minimum atomic E-state index is 0.0107.